The second kappa shape index (κ2) is 8.44. The summed E-state index contributed by atoms with van der Waals surface area (Å²) in [6.45, 7) is 7.03. The van der Waals surface area contributed by atoms with Crippen molar-refractivity contribution in [3.05, 3.63) is 11.6 Å². The molecular weight excluding hydrogens is 393 g/mol. The number of aliphatic carboxylic acids is 1. The lowest BCUT2D eigenvalue weighted by molar-refractivity contribution is -0.143. The summed E-state index contributed by atoms with van der Waals surface area (Å²) in [5, 5.41) is 19.3. The number of nitrogens with zero attached hydrogens (tertiary/aromatic N) is 1. The first-order valence-electron chi connectivity index (χ1n) is 12.5. The molecule has 8 unspecified atom stereocenters. The van der Waals surface area contributed by atoms with Crippen LogP contribution in [0.3, 0.4) is 0 Å². The highest BCUT2D eigenvalue weighted by atomic mass is 19.1. The Hall–Kier alpha value is -0.940. The van der Waals surface area contributed by atoms with Crippen molar-refractivity contribution in [2.24, 2.45) is 34.5 Å². The van der Waals surface area contributed by atoms with Crippen LogP contribution in [0.15, 0.2) is 11.6 Å². The van der Waals surface area contributed by atoms with Gasteiger partial charge in [-0.15, -0.1) is 0 Å². The lowest BCUT2D eigenvalue weighted by Crippen LogP contribution is -2.53. The molecule has 31 heavy (non-hydrogen) atoms. The van der Waals surface area contributed by atoms with Crippen LogP contribution in [0.5, 0.6) is 0 Å². The van der Waals surface area contributed by atoms with Crippen molar-refractivity contribution in [2.75, 3.05) is 13.6 Å². The number of aliphatic hydroxyl groups is 1. The van der Waals surface area contributed by atoms with E-state index in [1.165, 1.54) is 38.2 Å². The van der Waals surface area contributed by atoms with Gasteiger partial charge in [0.05, 0.1) is 12.0 Å². The molecule has 176 valence electrons. The maximum absolute atomic E-state index is 14.3. The standard InChI is InChI=1S/C26H42FNO3/c1-16(24(30)31)22(27)11-14-28(4)23-8-7-20-19-6-5-17-15-18(29)9-12-25(17,2)21(19)10-13-26(20,23)3/h5,16,18-23,29H,6-15H2,1-4H3,(H,30,31)/t16?,18-,19?,20?,21?,22?,23?,25?,26?/m1/s1. The molecule has 0 aromatic rings. The number of allylic oxidation sites excluding steroid dienone is 1. The second-order valence-corrected chi connectivity index (χ2v) is 11.7. The molecule has 0 spiro atoms. The van der Waals surface area contributed by atoms with E-state index in [2.05, 4.69) is 31.9 Å². The first kappa shape index (κ1) is 23.2. The Morgan fingerprint density at radius 2 is 1.97 bits per heavy atom. The summed E-state index contributed by atoms with van der Waals surface area (Å²) < 4.78 is 14.3. The fourth-order valence-corrected chi connectivity index (χ4v) is 8.23. The normalized spacial score (nSPS) is 44.1. The van der Waals surface area contributed by atoms with Crippen molar-refractivity contribution in [3.8, 4) is 0 Å². The van der Waals surface area contributed by atoms with Crippen LogP contribution in [0.1, 0.15) is 78.6 Å². The fourth-order valence-electron chi connectivity index (χ4n) is 8.23. The summed E-state index contributed by atoms with van der Waals surface area (Å²) in [7, 11) is 2.12. The number of aliphatic hydroxyl groups excluding tert-OH is 1. The minimum Gasteiger partial charge on any atom is -0.481 e. The van der Waals surface area contributed by atoms with Gasteiger partial charge in [0.1, 0.15) is 6.17 Å². The van der Waals surface area contributed by atoms with Crippen molar-refractivity contribution in [3.63, 3.8) is 0 Å². The third kappa shape index (κ3) is 3.88. The van der Waals surface area contributed by atoms with Crippen LogP contribution in [0, 0.1) is 34.5 Å². The predicted octanol–water partition coefficient (Wildman–Crippen LogP) is 5.06. The van der Waals surface area contributed by atoms with Crippen LogP contribution >= 0.6 is 0 Å². The molecule has 9 atom stereocenters. The van der Waals surface area contributed by atoms with Gasteiger partial charge in [0.25, 0.3) is 0 Å². The van der Waals surface area contributed by atoms with E-state index in [9.17, 15) is 14.3 Å². The van der Waals surface area contributed by atoms with Crippen LogP contribution in [0.4, 0.5) is 4.39 Å². The molecule has 3 saturated carbocycles. The number of carboxylic acids is 1. The molecule has 0 radical (unpaired) electrons. The van der Waals surface area contributed by atoms with Gasteiger partial charge in [0.2, 0.25) is 0 Å². The van der Waals surface area contributed by atoms with Crippen LogP contribution < -0.4 is 0 Å². The van der Waals surface area contributed by atoms with Gasteiger partial charge in [-0.1, -0.05) is 25.5 Å². The van der Waals surface area contributed by atoms with Crippen molar-refractivity contribution >= 4 is 5.97 Å². The number of rotatable bonds is 6. The second-order valence-electron chi connectivity index (χ2n) is 11.7. The van der Waals surface area contributed by atoms with E-state index < -0.39 is 18.1 Å². The van der Waals surface area contributed by atoms with E-state index in [0.29, 0.717) is 24.9 Å². The Morgan fingerprint density at radius 3 is 2.68 bits per heavy atom. The maximum Gasteiger partial charge on any atom is 0.309 e. The van der Waals surface area contributed by atoms with Gasteiger partial charge in [0, 0.05) is 12.6 Å². The molecule has 0 aromatic carbocycles. The summed E-state index contributed by atoms with van der Waals surface area (Å²) >= 11 is 0. The van der Waals surface area contributed by atoms with E-state index in [-0.39, 0.29) is 16.9 Å². The SMILES string of the molecule is CC(C(=O)O)C(F)CCN(C)C1CCC2C3CC=C4C[C@H](O)CCC4(C)C3CCC21C. The lowest BCUT2D eigenvalue weighted by Gasteiger charge is -2.58. The minimum atomic E-state index is -1.29. The van der Waals surface area contributed by atoms with Gasteiger partial charge in [-0.05, 0) is 100 Å². The molecule has 0 saturated heterocycles. The van der Waals surface area contributed by atoms with Gasteiger partial charge in [0.15, 0.2) is 0 Å². The van der Waals surface area contributed by atoms with Gasteiger partial charge < -0.3 is 15.1 Å². The molecule has 0 aliphatic heterocycles. The van der Waals surface area contributed by atoms with Gasteiger partial charge in [-0.2, -0.15) is 0 Å². The highest BCUT2D eigenvalue weighted by molar-refractivity contribution is 5.70. The fraction of sp³-hybridized carbons (Fsp3) is 0.885. The number of carboxylic acid groups (broad SMARTS) is 1. The molecule has 4 nitrogen and oxygen atoms in total. The smallest absolute Gasteiger partial charge is 0.309 e. The van der Waals surface area contributed by atoms with Crippen molar-refractivity contribution in [1.82, 2.24) is 4.90 Å². The number of alkyl halides is 1. The summed E-state index contributed by atoms with van der Waals surface area (Å²) in [4.78, 5) is 13.4. The molecule has 4 rings (SSSR count). The van der Waals surface area contributed by atoms with Gasteiger partial charge in [-0.3, -0.25) is 4.79 Å². The van der Waals surface area contributed by atoms with Crippen LogP contribution in [-0.4, -0.2) is 53.0 Å². The van der Waals surface area contributed by atoms with Crippen LogP contribution in [0.2, 0.25) is 0 Å². The quantitative estimate of drug-likeness (QED) is 0.573. The summed E-state index contributed by atoms with van der Waals surface area (Å²) in [6.07, 6.45) is 10.3. The first-order chi connectivity index (χ1) is 14.6. The van der Waals surface area contributed by atoms with Gasteiger partial charge in [-0.25, -0.2) is 4.39 Å². The monoisotopic (exact) mass is 435 g/mol. The Kier molecular flexibility index (Phi) is 6.33. The molecule has 4 aliphatic rings. The molecule has 5 heteroatoms. The number of carbonyl (C=O) groups is 1. The summed E-state index contributed by atoms with van der Waals surface area (Å²) in [5.41, 5.74) is 2.04. The maximum atomic E-state index is 14.3. The van der Waals surface area contributed by atoms with Crippen LogP contribution in [-0.2, 0) is 4.79 Å². The van der Waals surface area contributed by atoms with E-state index in [1.54, 1.807) is 0 Å². The zero-order valence-corrected chi connectivity index (χ0v) is 19.8. The lowest BCUT2D eigenvalue weighted by atomic mass is 9.48. The predicted molar refractivity (Wildman–Crippen MR) is 120 cm³/mol. The average Bonchev–Trinajstić information content (AvgIpc) is 3.09. The van der Waals surface area contributed by atoms with Crippen molar-refractivity contribution < 1.29 is 19.4 Å². The van der Waals surface area contributed by atoms with Crippen molar-refractivity contribution in [2.45, 2.75) is 96.9 Å². The van der Waals surface area contributed by atoms with Crippen LogP contribution in [0.25, 0.3) is 0 Å². The van der Waals surface area contributed by atoms with E-state index in [0.717, 1.165) is 37.5 Å². The first-order valence-corrected chi connectivity index (χ1v) is 12.5. The third-order valence-electron chi connectivity index (χ3n) is 10.2. The highest BCUT2D eigenvalue weighted by Crippen LogP contribution is 2.65. The Balaban J connectivity index is 1.45. The number of hydrogen-bond donors (Lipinski definition) is 2. The summed E-state index contributed by atoms with van der Waals surface area (Å²) in [5.74, 6) is 0.179. The molecule has 3 fully saturated rings. The number of halogens is 1. The van der Waals surface area contributed by atoms with Crippen molar-refractivity contribution in [1.29, 1.82) is 0 Å². The molecule has 0 aromatic heterocycles. The highest BCUT2D eigenvalue weighted by Gasteiger charge is 2.59. The summed E-state index contributed by atoms with van der Waals surface area (Å²) in [6, 6.07) is 0.456. The topological polar surface area (TPSA) is 60.8 Å². The molecule has 0 heterocycles. The number of hydrogen-bond acceptors (Lipinski definition) is 3. The average molecular weight is 436 g/mol. The largest absolute Gasteiger partial charge is 0.481 e. The zero-order valence-electron chi connectivity index (χ0n) is 19.8. The van der Waals surface area contributed by atoms with E-state index in [1.807, 2.05) is 0 Å². The van der Waals surface area contributed by atoms with E-state index in [4.69, 9.17) is 5.11 Å². The Morgan fingerprint density at radius 1 is 1.23 bits per heavy atom. The molecule has 0 amide bonds. The third-order valence-corrected chi connectivity index (χ3v) is 10.2. The molecular formula is C26H42FNO3. The Bertz CT molecular complexity index is 725. The molecule has 0 bridgehead atoms. The minimum absolute atomic E-state index is 0.155. The number of fused-ring (bicyclic) bond motifs is 5. The van der Waals surface area contributed by atoms with E-state index >= 15 is 0 Å². The van der Waals surface area contributed by atoms with Gasteiger partial charge >= 0.3 is 5.97 Å². The molecule has 4 aliphatic carbocycles. The molecule has 2 N–H and O–H groups in total. The Labute approximate surface area is 187 Å². The zero-order chi connectivity index (χ0) is 22.6.